The smallest absolute Gasteiger partial charge is 0.253 e. The largest absolute Gasteiger partial charge is 0.321 e. The molecule has 0 spiro atoms. The Morgan fingerprint density at radius 2 is 1.40 bits per heavy atom. The van der Waals surface area contributed by atoms with Gasteiger partial charge in [0.05, 0.1) is 17.6 Å². The van der Waals surface area contributed by atoms with Gasteiger partial charge in [-0.15, -0.1) is 5.10 Å². The van der Waals surface area contributed by atoms with E-state index in [4.69, 9.17) is 0 Å². The van der Waals surface area contributed by atoms with E-state index in [0.29, 0.717) is 5.56 Å². The molecular weight excluding hydrogens is 534 g/mol. The van der Waals surface area contributed by atoms with Crippen molar-refractivity contribution in [3.8, 4) is 0 Å². The Kier molecular flexibility index (Phi) is 7.63. The van der Waals surface area contributed by atoms with E-state index in [2.05, 4.69) is 123 Å². The molecule has 3 aromatic carbocycles. The van der Waals surface area contributed by atoms with Gasteiger partial charge in [0.15, 0.2) is 5.82 Å². The number of benzene rings is 3. The number of H-pyrrole nitrogens is 1. The molecule has 8 nitrogen and oxygen atoms in total. The minimum atomic E-state index is -0.335. The van der Waals surface area contributed by atoms with Crippen molar-refractivity contribution < 1.29 is 0 Å². The van der Waals surface area contributed by atoms with E-state index in [-0.39, 0.29) is 23.7 Å². The van der Waals surface area contributed by atoms with Crippen LogP contribution in [0.2, 0.25) is 0 Å². The molecule has 0 amide bonds. The number of aryl methyl sites for hydroxylation is 2. The lowest BCUT2D eigenvalue weighted by molar-refractivity contribution is 0.0850. The molecule has 2 aliphatic rings. The average Bonchev–Trinajstić information content (AvgIpc) is 3.73. The third-order valence-corrected chi connectivity index (χ3v) is 9.36. The molecule has 8 heteroatoms. The zero-order chi connectivity index (χ0) is 29.3. The first-order chi connectivity index (χ1) is 21.1. The van der Waals surface area contributed by atoms with Crippen LogP contribution in [0.15, 0.2) is 83.7 Å². The zero-order valence-corrected chi connectivity index (χ0v) is 25.0. The van der Waals surface area contributed by atoms with Crippen molar-refractivity contribution >= 4 is 10.9 Å². The highest BCUT2D eigenvalue weighted by Crippen LogP contribution is 2.36. The molecule has 0 unspecified atom stereocenters. The number of pyridine rings is 1. The van der Waals surface area contributed by atoms with Gasteiger partial charge in [-0.1, -0.05) is 85.1 Å². The Balaban J connectivity index is 1.26. The SMILES string of the molecule is Cc1cc(C)c2[nH]c(=O)c([C@H](c3nnnn3C3CCCC3)N3CCN(C(c4ccccc4)c4ccccc4)CC3)cc2c1. The van der Waals surface area contributed by atoms with Gasteiger partial charge >= 0.3 is 0 Å². The lowest BCUT2D eigenvalue weighted by Crippen LogP contribution is -2.50. The van der Waals surface area contributed by atoms with Crippen LogP contribution >= 0.6 is 0 Å². The monoisotopic (exact) mass is 573 g/mol. The molecule has 7 rings (SSSR count). The summed E-state index contributed by atoms with van der Waals surface area (Å²) >= 11 is 0. The normalized spacial score (nSPS) is 17.7. The molecule has 5 aromatic rings. The van der Waals surface area contributed by atoms with Crippen molar-refractivity contribution in [1.29, 1.82) is 0 Å². The molecule has 1 N–H and O–H groups in total. The highest BCUT2D eigenvalue weighted by molar-refractivity contribution is 5.83. The second-order valence-corrected chi connectivity index (χ2v) is 12.2. The molecule has 2 fully saturated rings. The zero-order valence-electron chi connectivity index (χ0n) is 25.0. The maximum Gasteiger partial charge on any atom is 0.253 e. The van der Waals surface area contributed by atoms with Crippen LogP contribution < -0.4 is 5.56 Å². The summed E-state index contributed by atoms with van der Waals surface area (Å²) in [5.41, 5.74) is 6.37. The molecule has 1 aliphatic heterocycles. The maximum absolute atomic E-state index is 13.9. The number of tetrazole rings is 1. The number of piperazine rings is 1. The summed E-state index contributed by atoms with van der Waals surface area (Å²) in [6.45, 7) is 7.47. The molecular formula is C35H39N7O. The van der Waals surface area contributed by atoms with Crippen LogP contribution in [0.5, 0.6) is 0 Å². The molecule has 43 heavy (non-hydrogen) atoms. The van der Waals surface area contributed by atoms with Gasteiger partial charge in [-0.25, -0.2) is 4.68 Å². The van der Waals surface area contributed by atoms with Crippen LogP contribution in [0.25, 0.3) is 10.9 Å². The quantitative estimate of drug-likeness (QED) is 0.267. The fourth-order valence-electron chi connectivity index (χ4n) is 7.33. The first-order valence-electron chi connectivity index (χ1n) is 15.6. The number of nitrogens with one attached hydrogen (secondary N) is 1. The predicted octanol–water partition coefficient (Wildman–Crippen LogP) is 5.74. The number of fused-ring (bicyclic) bond motifs is 1. The van der Waals surface area contributed by atoms with Crippen molar-refractivity contribution in [3.05, 3.63) is 123 Å². The van der Waals surface area contributed by atoms with Crippen molar-refractivity contribution in [2.24, 2.45) is 0 Å². The van der Waals surface area contributed by atoms with Crippen LogP contribution in [0.1, 0.15) is 77.5 Å². The molecule has 1 aliphatic carbocycles. The van der Waals surface area contributed by atoms with E-state index in [9.17, 15) is 4.79 Å². The molecule has 3 heterocycles. The molecule has 0 bridgehead atoms. The van der Waals surface area contributed by atoms with Gasteiger partial charge in [0.2, 0.25) is 0 Å². The third-order valence-electron chi connectivity index (χ3n) is 9.36. The molecule has 1 atom stereocenters. The van der Waals surface area contributed by atoms with Crippen molar-refractivity contribution in [2.45, 2.75) is 57.7 Å². The summed E-state index contributed by atoms with van der Waals surface area (Å²) < 4.78 is 2.02. The van der Waals surface area contributed by atoms with Crippen LogP contribution in [0.3, 0.4) is 0 Å². The lowest BCUT2D eigenvalue weighted by Gasteiger charge is -2.42. The van der Waals surface area contributed by atoms with E-state index in [1.165, 1.54) is 29.5 Å². The van der Waals surface area contributed by atoms with Crippen LogP contribution in [-0.4, -0.2) is 61.2 Å². The van der Waals surface area contributed by atoms with Crippen LogP contribution in [0.4, 0.5) is 0 Å². The summed E-state index contributed by atoms with van der Waals surface area (Å²) in [5, 5.41) is 14.3. The summed E-state index contributed by atoms with van der Waals surface area (Å²) in [6, 6.07) is 28.0. The Hall–Kier alpha value is -4.14. The number of hydrogen-bond acceptors (Lipinski definition) is 6. The molecule has 1 saturated heterocycles. The number of hydrogen-bond donors (Lipinski definition) is 1. The highest BCUT2D eigenvalue weighted by atomic mass is 16.1. The first kappa shape index (κ1) is 27.7. The Bertz CT molecular complexity index is 1710. The van der Waals surface area contributed by atoms with Gasteiger partial charge in [0.25, 0.3) is 5.56 Å². The number of nitrogens with zero attached hydrogens (tertiary/aromatic N) is 6. The highest BCUT2D eigenvalue weighted by Gasteiger charge is 2.36. The van der Waals surface area contributed by atoms with Crippen molar-refractivity contribution in [1.82, 2.24) is 35.0 Å². The van der Waals surface area contributed by atoms with Crippen LogP contribution in [-0.2, 0) is 0 Å². The molecule has 220 valence electrons. The number of rotatable bonds is 7. The van der Waals surface area contributed by atoms with Crippen LogP contribution in [0, 0.1) is 13.8 Å². The first-order valence-corrected chi connectivity index (χ1v) is 15.6. The van der Waals surface area contributed by atoms with Gasteiger partial charge in [-0.05, 0) is 71.3 Å². The van der Waals surface area contributed by atoms with E-state index < -0.39 is 0 Å². The summed E-state index contributed by atoms with van der Waals surface area (Å²) in [5.74, 6) is 0.775. The average molecular weight is 574 g/mol. The number of aromatic nitrogens is 5. The number of aromatic amines is 1. The second kappa shape index (κ2) is 11.9. The molecule has 2 aromatic heterocycles. The van der Waals surface area contributed by atoms with Gasteiger partial charge in [0, 0.05) is 31.7 Å². The summed E-state index contributed by atoms with van der Waals surface area (Å²) in [7, 11) is 0. The minimum absolute atomic E-state index is 0.0701. The molecule has 0 radical (unpaired) electrons. The summed E-state index contributed by atoms with van der Waals surface area (Å²) in [4.78, 5) is 22.1. The van der Waals surface area contributed by atoms with E-state index in [0.717, 1.165) is 61.3 Å². The van der Waals surface area contributed by atoms with E-state index in [1.807, 2.05) is 4.68 Å². The van der Waals surface area contributed by atoms with Gasteiger partial charge < -0.3 is 4.98 Å². The van der Waals surface area contributed by atoms with Gasteiger partial charge in [-0.3, -0.25) is 14.6 Å². The third kappa shape index (κ3) is 5.41. The predicted molar refractivity (Wildman–Crippen MR) is 169 cm³/mol. The summed E-state index contributed by atoms with van der Waals surface area (Å²) in [6.07, 6.45) is 4.51. The van der Waals surface area contributed by atoms with Gasteiger partial charge in [0.1, 0.15) is 6.04 Å². The fourth-order valence-corrected chi connectivity index (χ4v) is 7.33. The van der Waals surface area contributed by atoms with Crippen molar-refractivity contribution in [3.63, 3.8) is 0 Å². The molecule has 1 saturated carbocycles. The topological polar surface area (TPSA) is 82.9 Å². The Labute approximate surface area is 252 Å². The minimum Gasteiger partial charge on any atom is -0.321 e. The second-order valence-electron chi connectivity index (χ2n) is 12.2. The van der Waals surface area contributed by atoms with Crippen molar-refractivity contribution in [2.75, 3.05) is 26.2 Å². The van der Waals surface area contributed by atoms with E-state index in [1.54, 1.807) is 0 Å². The Morgan fingerprint density at radius 3 is 2.02 bits per heavy atom. The van der Waals surface area contributed by atoms with Gasteiger partial charge in [-0.2, -0.15) is 0 Å². The van der Waals surface area contributed by atoms with E-state index >= 15 is 0 Å². The Morgan fingerprint density at radius 1 is 0.791 bits per heavy atom. The fraction of sp³-hybridized carbons (Fsp3) is 0.371. The maximum atomic E-state index is 13.9. The lowest BCUT2D eigenvalue weighted by atomic mass is 9.95. The standard InChI is InChI=1S/C35H39N7O/c1-24-21-25(2)31-28(22-24)23-30(35(43)36-31)33(34-37-38-39-42(34)29-15-9-10-16-29)41-19-17-40(18-20-41)32(26-11-5-3-6-12-26)27-13-7-4-8-14-27/h3-8,11-14,21-23,29,32-33H,9-10,15-20H2,1-2H3,(H,36,43)/t33-/m1/s1.